The first-order valence-electron chi connectivity index (χ1n) is 23.9. The molecule has 0 aliphatic carbocycles. The highest BCUT2D eigenvalue weighted by Crippen LogP contribution is 2.42. The van der Waals surface area contributed by atoms with Gasteiger partial charge in [-0.3, -0.25) is 24.4 Å². The largest absolute Gasteiger partial charge is 0.507 e. The number of hydrogen-bond acceptors (Lipinski definition) is 14. The van der Waals surface area contributed by atoms with E-state index in [0.29, 0.717) is 19.4 Å². The first-order valence-corrected chi connectivity index (χ1v) is 28.7. The molecule has 0 saturated heterocycles. The summed E-state index contributed by atoms with van der Waals surface area (Å²) in [5.41, 5.74) is 1.09. The Morgan fingerprint density at radius 3 is 1.96 bits per heavy atom. The number of nitrogens with one attached hydrogen (secondary N) is 3. The minimum absolute atomic E-state index is 0.0119. The Balaban J connectivity index is 1.09. The number of ether oxygens (including phenoxy) is 1. The van der Waals surface area contributed by atoms with Gasteiger partial charge in [0, 0.05) is 52.0 Å². The summed E-state index contributed by atoms with van der Waals surface area (Å²) in [6.45, 7) is 13.8. The number of nitro benzene ring substituents is 1. The van der Waals surface area contributed by atoms with Gasteiger partial charge in [0.15, 0.2) is 9.84 Å². The summed E-state index contributed by atoms with van der Waals surface area (Å²) in [4.78, 5) is 22.8. The van der Waals surface area contributed by atoms with Crippen molar-refractivity contribution in [2.45, 2.75) is 92.7 Å². The fourth-order valence-corrected chi connectivity index (χ4v) is 11.3. The number of unbranched alkanes of at least 4 members (excludes halogenated alkanes) is 1. The van der Waals surface area contributed by atoms with Gasteiger partial charge in [0.1, 0.15) is 27.8 Å². The van der Waals surface area contributed by atoms with Crippen molar-refractivity contribution in [3.63, 3.8) is 0 Å². The van der Waals surface area contributed by atoms with Gasteiger partial charge >= 0.3 is 0 Å². The Labute approximate surface area is 436 Å². The summed E-state index contributed by atoms with van der Waals surface area (Å²) in [6.07, 6.45) is 3.89. The predicted molar refractivity (Wildman–Crippen MR) is 290 cm³/mol. The van der Waals surface area contributed by atoms with E-state index < -0.39 is 61.1 Å². The Kier molecular flexibility index (Phi) is 15.9. The average Bonchev–Trinajstić information content (AvgIpc) is 3.37. The number of fused-ring (bicyclic) bond motifs is 2. The molecule has 21 heteroatoms. The lowest BCUT2D eigenvalue weighted by Gasteiger charge is -2.30. The highest BCUT2D eigenvalue weighted by atomic mass is 32.2. The number of carbonyl (C=O) groups is 1. The summed E-state index contributed by atoms with van der Waals surface area (Å²) in [7, 11) is -13.3. The molecule has 0 heterocycles. The molecular weight excluding hydrogens is 1020 g/mol. The molecule has 7 aromatic carbocycles. The maximum Gasteiger partial charge on any atom is 0.270 e. The number of phenolic OH excluding ortho intramolecular Hbond substituents is 2. The van der Waals surface area contributed by atoms with Crippen LogP contribution in [0.2, 0.25) is 0 Å². The number of azo groups is 1. The number of hydrogen-bond donors (Lipinski definition) is 5. The van der Waals surface area contributed by atoms with E-state index in [2.05, 4.69) is 78.7 Å². The quantitative estimate of drug-likeness (QED) is 0.0148. The van der Waals surface area contributed by atoms with Crippen LogP contribution >= 0.6 is 0 Å². The number of amides is 1. The molecule has 394 valence electrons. The van der Waals surface area contributed by atoms with Gasteiger partial charge in [0.25, 0.3) is 31.6 Å². The number of nitrogens with zero attached hydrogens (tertiary/aromatic N) is 3. The van der Waals surface area contributed by atoms with Crippen molar-refractivity contribution in [1.82, 2.24) is 5.32 Å². The van der Waals surface area contributed by atoms with Crippen LogP contribution in [0.3, 0.4) is 0 Å². The molecule has 7 aromatic rings. The standard InChI is InChI=1S/C54H58N6O12S3/c1-8-53(3,4)34-22-27-48(42(30-34)54(5,6)9-2)72-29-13-12-28-55-52(63)41-33-46(38-18-10-11-19-39(38)51(41)62)59-75(70,71)37-17-14-16-36(32-37)74(68,69)58-45-25-26-47(61)40-20-15-21-44(50(40)45)57-56-43-24-23-35(60(64)65)31-49(43)73(7,66)67/h10-11,14-27,30-33,58-59,61-62H,8-9,12-13,28-29H2,1-7H3,(H,55,63). The summed E-state index contributed by atoms with van der Waals surface area (Å²) in [6, 6.07) is 28.2. The van der Waals surface area contributed by atoms with E-state index in [4.69, 9.17) is 4.74 Å². The minimum Gasteiger partial charge on any atom is -0.507 e. The minimum atomic E-state index is -4.63. The monoisotopic (exact) mass is 1080 g/mol. The highest BCUT2D eigenvalue weighted by molar-refractivity contribution is 7.93. The Morgan fingerprint density at radius 2 is 1.31 bits per heavy atom. The average molecular weight is 1080 g/mol. The lowest BCUT2D eigenvalue weighted by Crippen LogP contribution is -2.25. The Hall–Kier alpha value is -7.62. The molecule has 0 bridgehead atoms. The first-order chi connectivity index (χ1) is 35.3. The second-order valence-corrected chi connectivity index (χ2v) is 24.6. The number of carbonyl (C=O) groups excluding carboxylic acids is 1. The van der Waals surface area contributed by atoms with Crippen molar-refractivity contribution in [2.75, 3.05) is 28.9 Å². The maximum atomic E-state index is 14.2. The van der Waals surface area contributed by atoms with Gasteiger partial charge in [-0.25, -0.2) is 25.3 Å². The molecule has 0 aliphatic heterocycles. The van der Waals surface area contributed by atoms with Gasteiger partial charge < -0.3 is 20.3 Å². The number of nitro groups is 1. The van der Waals surface area contributed by atoms with Crippen LogP contribution in [-0.4, -0.2) is 65.7 Å². The van der Waals surface area contributed by atoms with Gasteiger partial charge in [-0.1, -0.05) is 96.1 Å². The van der Waals surface area contributed by atoms with Crippen molar-refractivity contribution in [2.24, 2.45) is 10.2 Å². The lowest BCUT2D eigenvalue weighted by atomic mass is 9.76. The zero-order valence-electron chi connectivity index (χ0n) is 42.3. The zero-order valence-corrected chi connectivity index (χ0v) is 44.8. The number of phenols is 2. The molecule has 7 rings (SSSR count). The first kappa shape index (κ1) is 55.1. The normalized spacial score (nSPS) is 12.5. The van der Waals surface area contributed by atoms with Gasteiger partial charge in [0.2, 0.25) is 0 Å². The third-order valence-corrected chi connectivity index (χ3v) is 17.2. The van der Waals surface area contributed by atoms with Crippen LogP contribution < -0.4 is 19.5 Å². The molecule has 0 atom stereocenters. The molecule has 0 aliphatic rings. The van der Waals surface area contributed by atoms with E-state index in [0.717, 1.165) is 60.7 Å². The van der Waals surface area contributed by atoms with E-state index >= 15 is 0 Å². The second kappa shape index (κ2) is 21.7. The number of rotatable bonds is 21. The fourth-order valence-electron chi connectivity index (χ4n) is 8.18. The summed E-state index contributed by atoms with van der Waals surface area (Å²) < 4.78 is 92.9. The van der Waals surface area contributed by atoms with E-state index in [9.17, 15) is 50.4 Å². The van der Waals surface area contributed by atoms with Gasteiger partial charge in [-0.05, 0) is 96.7 Å². The van der Waals surface area contributed by atoms with Crippen LogP contribution in [0.15, 0.2) is 146 Å². The topological polar surface area (TPSA) is 273 Å². The van der Waals surface area contributed by atoms with Crippen molar-refractivity contribution in [3.05, 3.63) is 148 Å². The summed E-state index contributed by atoms with van der Waals surface area (Å²) >= 11 is 0. The Bertz CT molecular complexity index is 3750. The van der Waals surface area contributed by atoms with Crippen LogP contribution in [0.25, 0.3) is 21.5 Å². The molecule has 0 radical (unpaired) electrons. The molecule has 0 fully saturated rings. The number of anilines is 2. The number of sulfone groups is 1. The fraction of sp³-hybridized carbons (Fsp3) is 0.278. The van der Waals surface area contributed by atoms with Gasteiger partial charge in [-0.15, -0.1) is 10.2 Å². The van der Waals surface area contributed by atoms with E-state index in [-0.39, 0.29) is 78.7 Å². The molecule has 0 unspecified atom stereocenters. The van der Waals surface area contributed by atoms with E-state index in [1.54, 1.807) is 18.2 Å². The molecule has 18 nitrogen and oxygen atoms in total. The maximum absolute atomic E-state index is 14.2. The zero-order chi connectivity index (χ0) is 54.7. The molecule has 0 saturated carbocycles. The third-order valence-electron chi connectivity index (χ3n) is 13.4. The van der Waals surface area contributed by atoms with Crippen LogP contribution in [0.4, 0.5) is 28.4 Å². The van der Waals surface area contributed by atoms with Crippen molar-refractivity contribution >= 4 is 85.8 Å². The van der Waals surface area contributed by atoms with Crippen LogP contribution in [0, 0.1) is 10.1 Å². The summed E-state index contributed by atoms with van der Waals surface area (Å²) in [5.74, 6) is -0.486. The second-order valence-electron chi connectivity index (χ2n) is 19.3. The van der Waals surface area contributed by atoms with Crippen molar-refractivity contribution in [1.29, 1.82) is 0 Å². The molecule has 0 aromatic heterocycles. The van der Waals surface area contributed by atoms with Crippen LogP contribution in [0.5, 0.6) is 17.2 Å². The molecule has 1 amide bonds. The number of non-ortho nitro benzene ring substituents is 1. The molecular formula is C54H58N6O12S3. The third kappa shape index (κ3) is 12.2. The lowest BCUT2D eigenvalue weighted by molar-refractivity contribution is -0.385. The van der Waals surface area contributed by atoms with Crippen molar-refractivity contribution in [3.8, 4) is 17.2 Å². The highest BCUT2D eigenvalue weighted by Gasteiger charge is 2.28. The smallest absolute Gasteiger partial charge is 0.270 e. The number of benzene rings is 7. The SMILES string of the molecule is CCC(C)(C)c1ccc(OCCCCNC(=O)c2cc(NS(=O)(=O)c3cccc(S(=O)(=O)Nc4ccc(O)c5cccc(N=Nc6ccc([N+](=O)[O-])cc6S(C)(=O)=O)c45)c3)c3ccccc3c2O)c(C(C)(C)CC)c1. The summed E-state index contributed by atoms with van der Waals surface area (Å²) in [5, 5.41) is 45.0. The predicted octanol–water partition coefficient (Wildman–Crippen LogP) is 11.7. The van der Waals surface area contributed by atoms with Gasteiger partial charge in [0.05, 0.1) is 43.9 Å². The number of sulfonamides is 2. The molecule has 75 heavy (non-hydrogen) atoms. The van der Waals surface area contributed by atoms with Crippen LogP contribution in [-0.2, 0) is 40.7 Å². The molecule has 5 N–H and O–H groups in total. The van der Waals surface area contributed by atoms with E-state index in [1.165, 1.54) is 60.2 Å². The Morgan fingerprint density at radius 1 is 0.680 bits per heavy atom. The molecule has 0 spiro atoms. The van der Waals surface area contributed by atoms with E-state index in [1.807, 2.05) is 6.07 Å². The van der Waals surface area contributed by atoms with Gasteiger partial charge in [-0.2, -0.15) is 0 Å². The van der Waals surface area contributed by atoms with Crippen molar-refractivity contribution < 1.29 is 49.9 Å². The number of aromatic hydroxyl groups is 2. The van der Waals surface area contributed by atoms with Crippen LogP contribution in [0.1, 0.15) is 88.7 Å².